The van der Waals surface area contributed by atoms with Crippen LogP contribution in [0.4, 0.5) is 0 Å². The Hall–Kier alpha value is -3.29. The molecule has 13 nitrogen and oxygen atoms in total. The molecule has 0 saturated heterocycles. The Morgan fingerprint density at radius 3 is 1.52 bits per heavy atom. The van der Waals surface area contributed by atoms with Gasteiger partial charge in [-0.25, -0.2) is 0 Å². The van der Waals surface area contributed by atoms with Gasteiger partial charge in [-0.05, 0) is 80.9 Å². The maximum atomic E-state index is 13.1. The Kier molecular flexibility index (Phi) is 21.4. The topological polar surface area (TPSA) is 140 Å². The number of fused-ring (bicyclic) bond motifs is 2. The third kappa shape index (κ3) is 23.7. The molecule has 320 valence electrons. The van der Waals surface area contributed by atoms with E-state index < -0.39 is 22.8 Å². The molecule has 1 amide bonds. The van der Waals surface area contributed by atoms with Crippen LogP contribution in [0.1, 0.15) is 145 Å². The minimum atomic E-state index is -0.669. The molecule has 0 spiro atoms. The Bertz CT molecular complexity index is 1350. The highest BCUT2D eigenvalue weighted by Crippen LogP contribution is 2.22. The number of nitrogens with one attached hydrogen (secondary N) is 1. The molecule has 1 aliphatic rings. The van der Waals surface area contributed by atoms with E-state index >= 15 is 0 Å². The number of carbonyl (C=O) groups is 4. The van der Waals surface area contributed by atoms with E-state index in [1.165, 1.54) is 51.4 Å². The Morgan fingerprint density at radius 2 is 1.04 bits per heavy atom. The zero-order chi connectivity index (χ0) is 41.8. The van der Waals surface area contributed by atoms with Gasteiger partial charge in [0.25, 0.3) is 5.91 Å². The van der Waals surface area contributed by atoms with Crippen LogP contribution in [-0.4, -0.2) is 119 Å². The number of hydrogen-bond acceptors (Lipinski definition) is 12. The van der Waals surface area contributed by atoms with Gasteiger partial charge in [0, 0.05) is 45.8 Å². The maximum Gasteiger partial charge on any atom is 0.320 e. The Balaban J connectivity index is 2.24. The van der Waals surface area contributed by atoms with Gasteiger partial charge in [0.05, 0.1) is 31.0 Å². The van der Waals surface area contributed by atoms with Crippen molar-refractivity contribution in [3.8, 4) is 5.75 Å². The van der Waals surface area contributed by atoms with Crippen LogP contribution >= 0.6 is 0 Å². The number of esters is 3. The molecule has 0 unspecified atom stereocenters. The fourth-order valence-electron chi connectivity index (χ4n) is 6.27. The Morgan fingerprint density at radius 1 is 0.607 bits per heavy atom. The van der Waals surface area contributed by atoms with Gasteiger partial charge in [-0.2, -0.15) is 0 Å². The first-order valence-electron chi connectivity index (χ1n) is 20.9. The fourth-order valence-corrected chi connectivity index (χ4v) is 6.27. The SMILES string of the molecule is CCCCCCCCCCCCNC(=O)COc1ccc2nc1CN(CC(=O)OC(C)(C)C)CCN(CC(=O)OC(C)(C)C)CCN(CC(=O)OC(C)(C)C)C2. The van der Waals surface area contributed by atoms with Crippen LogP contribution in [0.25, 0.3) is 0 Å². The third-order valence-electron chi connectivity index (χ3n) is 8.74. The van der Waals surface area contributed by atoms with Gasteiger partial charge in [-0.15, -0.1) is 0 Å². The number of nitrogens with zero attached hydrogens (tertiary/aromatic N) is 4. The lowest BCUT2D eigenvalue weighted by Gasteiger charge is -2.32. The lowest BCUT2D eigenvalue weighted by molar-refractivity contribution is -0.158. The summed E-state index contributed by atoms with van der Waals surface area (Å²) in [6.07, 6.45) is 12.3. The van der Waals surface area contributed by atoms with E-state index in [2.05, 4.69) is 12.2 Å². The average molecular weight is 790 g/mol. The summed E-state index contributed by atoms with van der Waals surface area (Å²) < 4.78 is 23.1. The molecule has 2 bridgehead atoms. The molecule has 1 aromatic heterocycles. The summed E-state index contributed by atoms with van der Waals surface area (Å²) in [6, 6.07) is 3.62. The summed E-state index contributed by atoms with van der Waals surface area (Å²) in [5, 5.41) is 2.98. The van der Waals surface area contributed by atoms with E-state index in [1.807, 2.05) is 83.1 Å². The van der Waals surface area contributed by atoms with Crippen LogP contribution in [0.2, 0.25) is 0 Å². The number of pyridine rings is 1. The number of hydrogen-bond donors (Lipinski definition) is 1. The quantitative estimate of drug-likeness (QED) is 0.0884. The van der Waals surface area contributed by atoms with Gasteiger partial charge >= 0.3 is 17.9 Å². The summed E-state index contributed by atoms with van der Waals surface area (Å²) in [6.45, 7) is 21.4. The predicted octanol–water partition coefficient (Wildman–Crippen LogP) is 6.44. The normalized spacial score (nSPS) is 15.3. The zero-order valence-corrected chi connectivity index (χ0v) is 36.6. The first-order chi connectivity index (χ1) is 26.2. The molecule has 1 N–H and O–H groups in total. The van der Waals surface area contributed by atoms with Crippen molar-refractivity contribution in [3.05, 3.63) is 23.5 Å². The summed E-state index contributed by atoms with van der Waals surface area (Å²) in [7, 11) is 0. The summed E-state index contributed by atoms with van der Waals surface area (Å²) in [5.74, 6) is -0.903. The van der Waals surface area contributed by atoms with Crippen molar-refractivity contribution < 1.29 is 38.1 Å². The molecule has 1 aliphatic heterocycles. The van der Waals surface area contributed by atoms with Gasteiger partial charge in [-0.3, -0.25) is 38.9 Å². The van der Waals surface area contributed by atoms with E-state index in [0.717, 1.165) is 12.8 Å². The van der Waals surface area contributed by atoms with Crippen LogP contribution < -0.4 is 10.1 Å². The number of carbonyl (C=O) groups excluding carboxylic acids is 4. The minimum Gasteiger partial charge on any atom is -0.482 e. The highest BCUT2D eigenvalue weighted by molar-refractivity contribution is 5.77. The van der Waals surface area contributed by atoms with Gasteiger partial charge in [-0.1, -0.05) is 64.7 Å². The van der Waals surface area contributed by atoms with Crippen molar-refractivity contribution >= 4 is 23.8 Å². The van der Waals surface area contributed by atoms with Crippen LogP contribution in [0.15, 0.2) is 12.1 Å². The van der Waals surface area contributed by atoms with E-state index in [0.29, 0.717) is 56.4 Å². The van der Waals surface area contributed by atoms with E-state index in [-0.39, 0.29) is 50.6 Å². The van der Waals surface area contributed by atoms with Crippen LogP contribution in [0.5, 0.6) is 5.75 Å². The van der Waals surface area contributed by atoms with Crippen molar-refractivity contribution in [2.75, 3.05) is 59.0 Å². The smallest absolute Gasteiger partial charge is 0.320 e. The van der Waals surface area contributed by atoms with E-state index in [9.17, 15) is 19.2 Å². The molecule has 0 radical (unpaired) electrons. The average Bonchev–Trinajstić information content (AvgIpc) is 3.04. The van der Waals surface area contributed by atoms with Crippen molar-refractivity contribution in [2.45, 2.75) is 163 Å². The molecule has 56 heavy (non-hydrogen) atoms. The molecule has 0 saturated carbocycles. The standard InChI is InChI=1S/C43H75N5O8/c1-11-12-13-14-15-16-17-18-19-20-23-44-37(49)33-53-36-22-21-34-28-47(31-39(51)55-42(5,6)7)26-24-46(30-38(50)54-41(2,3)4)25-27-48(29-35(36)45-34)32-40(52)56-43(8,9)10/h21-22H,11-20,23-33H2,1-10H3,(H,44,49). The van der Waals surface area contributed by atoms with E-state index in [4.69, 9.17) is 23.9 Å². The number of aromatic nitrogens is 1. The highest BCUT2D eigenvalue weighted by Gasteiger charge is 2.26. The van der Waals surface area contributed by atoms with Crippen molar-refractivity contribution in [2.24, 2.45) is 0 Å². The van der Waals surface area contributed by atoms with Crippen LogP contribution in [-0.2, 0) is 46.5 Å². The lowest BCUT2D eigenvalue weighted by atomic mass is 10.1. The zero-order valence-electron chi connectivity index (χ0n) is 36.6. The Labute approximate surface area is 337 Å². The number of ether oxygens (including phenoxy) is 4. The van der Waals surface area contributed by atoms with E-state index in [1.54, 1.807) is 6.07 Å². The third-order valence-corrected chi connectivity index (χ3v) is 8.74. The van der Waals surface area contributed by atoms with Gasteiger partial charge < -0.3 is 24.3 Å². The number of unbranched alkanes of at least 4 members (excludes halogenated alkanes) is 9. The molecule has 13 heteroatoms. The summed E-state index contributed by atoms with van der Waals surface area (Å²) >= 11 is 0. The first-order valence-corrected chi connectivity index (χ1v) is 20.9. The largest absolute Gasteiger partial charge is 0.482 e. The fraction of sp³-hybridized carbons (Fsp3) is 0.791. The first kappa shape index (κ1) is 48.9. The predicted molar refractivity (Wildman–Crippen MR) is 219 cm³/mol. The van der Waals surface area contributed by atoms with Crippen molar-refractivity contribution in [3.63, 3.8) is 0 Å². The molecule has 0 aliphatic carbocycles. The summed E-state index contributed by atoms with van der Waals surface area (Å²) in [4.78, 5) is 62.8. The molecule has 0 aromatic carbocycles. The highest BCUT2D eigenvalue weighted by atomic mass is 16.6. The van der Waals surface area contributed by atoms with Crippen LogP contribution in [0, 0.1) is 0 Å². The minimum absolute atomic E-state index is 0.0208. The maximum absolute atomic E-state index is 13.1. The summed E-state index contributed by atoms with van der Waals surface area (Å²) in [5.41, 5.74) is -0.738. The van der Waals surface area contributed by atoms with Gasteiger partial charge in [0.1, 0.15) is 22.6 Å². The molecule has 2 rings (SSSR count). The van der Waals surface area contributed by atoms with Gasteiger partial charge in [0.15, 0.2) is 6.61 Å². The molecule has 2 heterocycles. The molecule has 0 atom stereocenters. The van der Waals surface area contributed by atoms with Crippen LogP contribution in [0.3, 0.4) is 0 Å². The second kappa shape index (κ2) is 24.5. The lowest BCUT2D eigenvalue weighted by Crippen LogP contribution is -2.45. The second-order valence-electron chi connectivity index (χ2n) is 18.0. The molecular weight excluding hydrogens is 714 g/mol. The second-order valence-corrected chi connectivity index (χ2v) is 18.0. The van der Waals surface area contributed by atoms with Crippen molar-refractivity contribution in [1.82, 2.24) is 25.0 Å². The van der Waals surface area contributed by atoms with Crippen molar-refractivity contribution in [1.29, 1.82) is 0 Å². The van der Waals surface area contributed by atoms with Gasteiger partial charge in [0.2, 0.25) is 0 Å². The monoisotopic (exact) mass is 790 g/mol. The molecular formula is C43H75N5O8. The number of amides is 1. The molecule has 0 fully saturated rings. The number of rotatable bonds is 20. The molecule has 1 aromatic rings.